The van der Waals surface area contributed by atoms with Gasteiger partial charge in [-0.3, -0.25) is 4.98 Å². The zero-order valence-electron chi connectivity index (χ0n) is 16.4. The minimum atomic E-state index is 0.496. The molecule has 0 aliphatic heterocycles. The average Bonchev–Trinajstić information content (AvgIpc) is 3.07. The van der Waals surface area contributed by atoms with Crippen molar-refractivity contribution in [1.29, 1.82) is 5.26 Å². The summed E-state index contributed by atoms with van der Waals surface area (Å²) in [6.45, 7) is 6.92. The van der Waals surface area contributed by atoms with Crippen molar-refractivity contribution in [3.05, 3.63) is 59.9 Å². The summed E-state index contributed by atoms with van der Waals surface area (Å²) < 4.78 is 7.97. The number of hydrogen-bond acceptors (Lipinski definition) is 3. The van der Waals surface area contributed by atoms with E-state index in [1.165, 1.54) is 5.57 Å². The number of rotatable bonds is 6. The van der Waals surface area contributed by atoms with Gasteiger partial charge in [0, 0.05) is 25.0 Å². The van der Waals surface area contributed by atoms with Gasteiger partial charge in [-0.15, -0.1) is 0 Å². The molecule has 0 aliphatic rings. The maximum atomic E-state index is 9.60. The van der Waals surface area contributed by atoms with E-state index in [0.717, 1.165) is 28.6 Å². The van der Waals surface area contributed by atoms with Crippen molar-refractivity contribution in [2.75, 3.05) is 6.61 Å². The molecule has 3 aromatic rings. The molecule has 0 amide bonds. The number of aromatic nitrogens is 2. The van der Waals surface area contributed by atoms with Crippen LogP contribution in [-0.4, -0.2) is 16.2 Å². The molecule has 1 atom stereocenters. The van der Waals surface area contributed by atoms with Crippen LogP contribution in [-0.2, 0) is 7.05 Å². The van der Waals surface area contributed by atoms with E-state index in [2.05, 4.69) is 42.5 Å². The Hall–Kier alpha value is -3.06. The second-order valence-corrected chi connectivity index (χ2v) is 7.03. The molecule has 4 nitrogen and oxygen atoms in total. The van der Waals surface area contributed by atoms with Gasteiger partial charge in [0.05, 0.1) is 16.6 Å². The highest BCUT2D eigenvalue weighted by Crippen LogP contribution is 2.31. The lowest BCUT2D eigenvalue weighted by Gasteiger charge is -2.12. The fourth-order valence-corrected chi connectivity index (χ4v) is 3.21. The average molecular weight is 359 g/mol. The normalized spacial score (nSPS) is 12.8. The van der Waals surface area contributed by atoms with Crippen LogP contribution >= 0.6 is 0 Å². The van der Waals surface area contributed by atoms with Gasteiger partial charge >= 0.3 is 0 Å². The maximum Gasteiger partial charge on any atom is 0.137 e. The van der Waals surface area contributed by atoms with E-state index in [9.17, 15) is 5.26 Å². The summed E-state index contributed by atoms with van der Waals surface area (Å²) in [5.74, 6) is 1.15. The van der Waals surface area contributed by atoms with Crippen LogP contribution in [0.4, 0.5) is 0 Å². The van der Waals surface area contributed by atoms with Gasteiger partial charge in [-0.2, -0.15) is 5.26 Å². The Kier molecular flexibility index (Phi) is 5.61. The van der Waals surface area contributed by atoms with E-state index in [-0.39, 0.29) is 0 Å². The van der Waals surface area contributed by atoms with Crippen molar-refractivity contribution in [3.63, 3.8) is 0 Å². The quantitative estimate of drug-likeness (QED) is 0.547. The molecule has 0 radical (unpaired) electrons. The summed E-state index contributed by atoms with van der Waals surface area (Å²) in [7, 11) is 2.00. The lowest BCUT2D eigenvalue weighted by Crippen LogP contribution is -2.02. The zero-order chi connectivity index (χ0) is 19.4. The van der Waals surface area contributed by atoms with Crippen LogP contribution in [0.15, 0.2) is 54.4 Å². The molecule has 0 spiro atoms. The van der Waals surface area contributed by atoms with Crippen molar-refractivity contribution in [1.82, 2.24) is 9.55 Å². The van der Waals surface area contributed by atoms with Crippen LogP contribution in [0.5, 0.6) is 5.75 Å². The molecular formula is C23H25N3O. The highest BCUT2D eigenvalue weighted by Gasteiger charge is 2.11. The molecule has 2 aromatic heterocycles. The molecule has 0 saturated heterocycles. The Balaban J connectivity index is 1.90. The van der Waals surface area contributed by atoms with Crippen molar-refractivity contribution in [3.8, 4) is 22.9 Å². The van der Waals surface area contributed by atoms with E-state index < -0.39 is 0 Å². The molecule has 1 aromatic carbocycles. The van der Waals surface area contributed by atoms with Gasteiger partial charge in [-0.05, 0) is 48.2 Å². The summed E-state index contributed by atoms with van der Waals surface area (Å²) in [5.41, 5.74) is 5.77. The second-order valence-electron chi connectivity index (χ2n) is 7.03. The highest BCUT2D eigenvalue weighted by atomic mass is 16.5. The number of ether oxygens (including phenoxy) is 1. The number of nitriles is 1. The number of allylic oxidation sites excluding steroid dienone is 1. The van der Waals surface area contributed by atoms with E-state index in [0.29, 0.717) is 23.8 Å². The topological polar surface area (TPSA) is 50.8 Å². The summed E-state index contributed by atoms with van der Waals surface area (Å²) >= 11 is 0. The van der Waals surface area contributed by atoms with Gasteiger partial charge in [-0.25, -0.2) is 0 Å². The number of nitrogens with zero attached hydrogens (tertiary/aromatic N) is 3. The smallest absolute Gasteiger partial charge is 0.137 e. The lowest BCUT2D eigenvalue weighted by atomic mass is 10.0. The van der Waals surface area contributed by atoms with E-state index in [1.54, 1.807) is 6.20 Å². The standard InChI is InChI=1S/C23H25N3O/c1-5-16(2)12-17(3)15-27-22-7-6-18(13-19(22)14-24)20-8-10-25-21-9-11-26(4)23(20)21/h6-13,16H,5,15H2,1-4H3/b17-12+. The van der Waals surface area contributed by atoms with Crippen LogP contribution in [0.25, 0.3) is 22.2 Å². The molecule has 1 unspecified atom stereocenters. The minimum absolute atomic E-state index is 0.496. The third kappa shape index (κ3) is 4.03. The first-order valence-electron chi connectivity index (χ1n) is 9.28. The molecule has 0 aliphatic carbocycles. The first kappa shape index (κ1) is 18.7. The Morgan fingerprint density at radius 3 is 2.89 bits per heavy atom. The van der Waals surface area contributed by atoms with Gasteiger partial charge in [0.1, 0.15) is 18.4 Å². The maximum absolute atomic E-state index is 9.60. The van der Waals surface area contributed by atoms with Crippen LogP contribution in [0.2, 0.25) is 0 Å². The lowest BCUT2D eigenvalue weighted by molar-refractivity contribution is 0.350. The number of pyridine rings is 1. The van der Waals surface area contributed by atoms with Gasteiger partial charge in [0.15, 0.2) is 0 Å². The number of benzene rings is 1. The molecule has 27 heavy (non-hydrogen) atoms. The predicted octanol–water partition coefficient (Wildman–Crippen LogP) is 5.48. The van der Waals surface area contributed by atoms with Crippen LogP contribution in [0, 0.1) is 17.2 Å². The Morgan fingerprint density at radius 2 is 2.15 bits per heavy atom. The van der Waals surface area contributed by atoms with E-state index in [4.69, 9.17) is 4.74 Å². The summed E-state index contributed by atoms with van der Waals surface area (Å²) in [6.07, 6.45) is 7.13. The molecule has 4 heteroatoms. The molecule has 0 saturated carbocycles. The van der Waals surface area contributed by atoms with Crippen molar-refractivity contribution < 1.29 is 4.74 Å². The third-order valence-corrected chi connectivity index (χ3v) is 4.84. The summed E-state index contributed by atoms with van der Waals surface area (Å²) in [6, 6.07) is 12.0. The Morgan fingerprint density at radius 1 is 1.33 bits per heavy atom. The van der Waals surface area contributed by atoms with Crippen molar-refractivity contribution in [2.45, 2.75) is 27.2 Å². The van der Waals surface area contributed by atoms with Crippen LogP contribution < -0.4 is 4.74 Å². The second kappa shape index (κ2) is 8.09. The summed E-state index contributed by atoms with van der Waals surface area (Å²) in [4.78, 5) is 4.41. The minimum Gasteiger partial charge on any atom is -0.488 e. The SMILES string of the molecule is CCC(C)/C=C(\C)COc1ccc(-c2ccnc3ccn(C)c23)cc1C#N. The fourth-order valence-electron chi connectivity index (χ4n) is 3.21. The Labute approximate surface area is 160 Å². The fraction of sp³-hybridized carbons (Fsp3) is 0.304. The first-order chi connectivity index (χ1) is 13.0. The molecule has 3 rings (SSSR count). The Bertz CT molecular complexity index is 1020. The molecule has 0 N–H and O–H groups in total. The first-order valence-corrected chi connectivity index (χ1v) is 9.28. The molecular weight excluding hydrogens is 334 g/mol. The van der Waals surface area contributed by atoms with Crippen molar-refractivity contribution in [2.24, 2.45) is 13.0 Å². The number of aryl methyl sites for hydroxylation is 1. The number of hydrogen-bond donors (Lipinski definition) is 0. The number of fused-ring (bicyclic) bond motifs is 1. The van der Waals surface area contributed by atoms with E-state index in [1.807, 2.05) is 43.6 Å². The van der Waals surface area contributed by atoms with Gasteiger partial charge in [-0.1, -0.05) is 32.4 Å². The molecule has 0 bridgehead atoms. The monoisotopic (exact) mass is 359 g/mol. The summed E-state index contributed by atoms with van der Waals surface area (Å²) in [5, 5.41) is 9.60. The van der Waals surface area contributed by atoms with Gasteiger partial charge in [0.2, 0.25) is 0 Å². The third-order valence-electron chi connectivity index (χ3n) is 4.84. The van der Waals surface area contributed by atoms with Gasteiger partial charge < -0.3 is 9.30 Å². The van der Waals surface area contributed by atoms with Crippen LogP contribution in [0.1, 0.15) is 32.8 Å². The van der Waals surface area contributed by atoms with E-state index >= 15 is 0 Å². The van der Waals surface area contributed by atoms with Crippen LogP contribution in [0.3, 0.4) is 0 Å². The molecule has 138 valence electrons. The largest absolute Gasteiger partial charge is 0.488 e. The molecule has 0 fully saturated rings. The highest BCUT2D eigenvalue weighted by molar-refractivity contribution is 5.92. The zero-order valence-corrected chi connectivity index (χ0v) is 16.4. The predicted molar refractivity (Wildman–Crippen MR) is 110 cm³/mol. The molecule has 2 heterocycles. The van der Waals surface area contributed by atoms with Crippen molar-refractivity contribution >= 4 is 11.0 Å². The van der Waals surface area contributed by atoms with Gasteiger partial charge in [0.25, 0.3) is 0 Å².